The molecule has 0 amide bonds. The molecule has 0 spiro atoms. The van der Waals surface area contributed by atoms with Crippen molar-refractivity contribution < 1.29 is 13.2 Å². The fraction of sp³-hybridized carbons (Fsp3) is 0.357. The van der Waals surface area contributed by atoms with Gasteiger partial charge in [-0.2, -0.15) is 18.3 Å². The van der Waals surface area contributed by atoms with Crippen molar-refractivity contribution in [1.29, 1.82) is 0 Å². The van der Waals surface area contributed by atoms with Crippen LogP contribution in [0.15, 0.2) is 36.7 Å². The second-order valence-electron chi connectivity index (χ2n) is 4.85. The molecule has 6 heteroatoms. The lowest BCUT2D eigenvalue weighted by Crippen LogP contribution is -2.05. The molecule has 0 radical (unpaired) electrons. The number of hydrogen-bond donors (Lipinski definition) is 1. The molecule has 3 nitrogen and oxygen atoms in total. The van der Waals surface area contributed by atoms with Crippen molar-refractivity contribution in [2.24, 2.45) is 0 Å². The third kappa shape index (κ3) is 3.53. The van der Waals surface area contributed by atoms with E-state index in [2.05, 4.69) is 10.4 Å². The number of rotatable bonds is 4. The lowest BCUT2D eigenvalue weighted by atomic mass is 10.2. The maximum absolute atomic E-state index is 12.4. The summed E-state index contributed by atoms with van der Waals surface area (Å²) in [5.74, 6) is 0. The highest BCUT2D eigenvalue weighted by Gasteiger charge is 2.29. The van der Waals surface area contributed by atoms with Gasteiger partial charge in [-0.05, 0) is 38.1 Å². The van der Waals surface area contributed by atoms with Gasteiger partial charge in [-0.3, -0.25) is 4.68 Å². The molecular weight excluding hydrogens is 267 g/mol. The zero-order chi connectivity index (χ0) is 14.8. The summed E-state index contributed by atoms with van der Waals surface area (Å²) in [5, 5.41) is 7.27. The Bertz CT molecular complexity index is 556. The van der Waals surface area contributed by atoms with E-state index in [4.69, 9.17) is 0 Å². The first-order valence-electron chi connectivity index (χ1n) is 6.30. The van der Waals surface area contributed by atoms with E-state index < -0.39 is 11.7 Å². The maximum atomic E-state index is 12.4. The van der Waals surface area contributed by atoms with Crippen LogP contribution in [0.1, 0.15) is 31.0 Å². The molecule has 0 bridgehead atoms. The maximum Gasteiger partial charge on any atom is 0.416 e. The van der Waals surface area contributed by atoms with E-state index in [-0.39, 0.29) is 6.04 Å². The third-order valence-electron chi connectivity index (χ3n) is 2.89. The van der Waals surface area contributed by atoms with Gasteiger partial charge < -0.3 is 5.32 Å². The quantitative estimate of drug-likeness (QED) is 0.915. The summed E-state index contributed by atoms with van der Waals surface area (Å²) in [6.45, 7) is 4.58. The number of halogens is 3. The van der Waals surface area contributed by atoms with Crippen LogP contribution in [0.25, 0.3) is 0 Å². The minimum Gasteiger partial charge on any atom is -0.381 e. The Hall–Kier alpha value is -1.98. The van der Waals surface area contributed by atoms with Gasteiger partial charge in [0.05, 0.1) is 11.8 Å². The standard InChI is InChI=1S/C14H16F3N3/c1-10(2)20-9-11(8-19-20)7-18-13-5-3-12(4-6-13)14(15,16)17/h3-6,8-10,18H,7H2,1-2H3. The van der Waals surface area contributed by atoms with Crippen molar-refractivity contribution in [3.63, 3.8) is 0 Å². The SMILES string of the molecule is CC(C)n1cc(CNc2ccc(C(F)(F)F)cc2)cn1. The highest BCUT2D eigenvalue weighted by molar-refractivity contribution is 5.45. The number of aromatic nitrogens is 2. The summed E-state index contributed by atoms with van der Waals surface area (Å²) < 4.78 is 39.1. The summed E-state index contributed by atoms with van der Waals surface area (Å²) >= 11 is 0. The van der Waals surface area contributed by atoms with E-state index >= 15 is 0 Å². The Kier molecular flexibility index (Phi) is 4.01. The van der Waals surface area contributed by atoms with Crippen LogP contribution in [0.2, 0.25) is 0 Å². The molecule has 0 atom stereocenters. The van der Waals surface area contributed by atoms with Gasteiger partial charge in [0.15, 0.2) is 0 Å². The lowest BCUT2D eigenvalue weighted by Gasteiger charge is -2.09. The Morgan fingerprint density at radius 1 is 1.20 bits per heavy atom. The molecule has 0 aliphatic rings. The van der Waals surface area contributed by atoms with Crippen LogP contribution in [0.4, 0.5) is 18.9 Å². The van der Waals surface area contributed by atoms with Crippen LogP contribution in [0.3, 0.4) is 0 Å². The molecule has 20 heavy (non-hydrogen) atoms. The molecule has 0 aliphatic heterocycles. The minimum absolute atomic E-state index is 0.287. The Morgan fingerprint density at radius 3 is 2.35 bits per heavy atom. The van der Waals surface area contributed by atoms with E-state index in [1.165, 1.54) is 12.1 Å². The minimum atomic E-state index is -4.29. The number of alkyl halides is 3. The summed E-state index contributed by atoms with van der Waals surface area (Å²) in [4.78, 5) is 0. The number of nitrogens with one attached hydrogen (secondary N) is 1. The molecule has 2 rings (SSSR count). The van der Waals surface area contributed by atoms with E-state index in [0.717, 1.165) is 17.7 Å². The van der Waals surface area contributed by atoms with Gasteiger partial charge in [-0.25, -0.2) is 0 Å². The molecule has 1 aromatic carbocycles. The number of benzene rings is 1. The van der Waals surface area contributed by atoms with Gasteiger partial charge in [-0.1, -0.05) is 0 Å². The van der Waals surface area contributed by atoms with Crippen LogP contribution in [0.5, 0.6) is 0 Å². The summed E-state index contributed by atoms with van der Waals surface area (Å²) in [6, 6.07) is 5.28. The topological polar surface area (TPSA) is 29.9 Å². The molecule has 1 N–H and O–H groups in total. The molecule has 1 heterocycles. The van der Waals surface area contributed by atoms with Gasteiger partial charge in [0, 0.05) is 30.0 Å². The smallest absolute Gasteiger partial charge is 0.381 e. The molecular formula is C14H16F3N3. The largest absolute Gasteiger partial charge is 0.416 e. The Morgan fingerprint density at radius 2 is 1.85 bits per heavy atom. The Balaban J connectivity index is 1.97. The van der Waals surface area contributed by atoms with Crippen molar-refractivity contribution in [3.05, 3.63) is 47.8 Å². The normalized spacial score (nSPS) is 11.9. The molecule has 0 aliphatic carbocycles. The molecule has 0 fully saturated rings. The summed E-state index contributed by atoms with van der Waals surface area (Å²) in [5.41, 5.74) is 0.990. The zero-order valence-electron chi connectivity index (χ0n) is 11.3. The molecule has 0 unspecified atom stereocenters. The van der Waals surface area contributed by atoms with Gasteiger partial charge in [0.1, 0.15) is 0 Å². The number of anilines is 1. The monoisotopic (exact) mass is 283 g/mol. The van der Waals surface area contributed by atoms with Crippen LogP contribution < -0.4 is 5.32 Å². The third-order valence-corrected chi connectivity index (χ3v) is 2.89. The lowest BCUT2D eigenvalue weighted by molar-refractivity contribution is -0.137. The molecule has 2 aromatic rings. The van der Waals surface area contributed by atoms with Crippen molar-refractivity contribution >= 4 is 5.69 Å². The highest BCUT2D eigenvalue weighted by Crippen LogP contribution is 2.29. The van der Waals surface area contributed by atoms with Gasteiger partial charge in [-0.15, -0.1) is 0 Å². The molecule has 108 valence electrons. The second kappa shape index (κ2) is 5.56. The van der Waals surface area contributed by atoms with Gasteiger partial charge in [0.25, 0.3) is 0 Å². The average Bonchev–Trinajstić information content (AvgIpc) is 2.85. The van der Waals surface area contributed by atoms with Crippen LogP contribution in [0, 0.1) is 0 Å². The van der Waals surface area contributed by atoms with Crippen molar-refractivity contribution in [1.82, 2.24) is 9.78 Å². The fourth-order valence-electron chi connectivity index (χ4n) is 1.73. The summed E-state index contributed by atoms with van der Waals surface area (Å²) in [6.07, 6.45) is -0.629. The van der Waals surface area contributed by atoms with E-state index in [1.54, 1.807) is 6.20 Å². The number of hydrogen-bond acceptors (Lipinski definition) is 2. The average molecular weight is 283 g/mol. The fourth-order valence-corrected chi connectivity index (χ4v) is 1.73. The second-order valence-corrected chi connectivity index (χ2v) is 4.85. The van der Waals surface area contributed by atoms with Crippen molar-refractivity contribution in [2.45, 2.75) is 32.6 Å². The number of nitrogens with zero attached hydrogens (tertiary/aromatic N) is 2. The summed E-state index contributed by atoms with van der Waals surface area (Å²) in [7, 11) is 0. The molecule has 0 saturated carbocycles. The predicted octanol–water partition coefficient (Wildman–Crippen LogP) is 4.09. The van der Waals surface area contributed by atoms with E-state index in [1.807, 2.05) is 24.7 Å². The molecule has 1 aromatic heterocycles. The van der Waals surface area contributed by atoms with Crippen molar-refractivity contribution in [3.8, 4) is 0 Å². The van der Waals surface area contributed by atoms with E-state index in [9.17, 15) is 13.2 Å². The first-order chi connectivity index (χ1) is 9.36. The highest BCUT2D eigenvalue weighted by atomic mass is 19.4. The first-order valence-corrected chi connectivity index (χ1v) is 6.30. The Labute approximate surface area is 115 Å². The van der Waals surface area contributed by atoms with Crippen molar-refractivity contribution in [2.75, 3.05) is 5.32 Å². The predicted molar refractivity (Wildman–Crippen MR) is 71.4 cm³/mol. The van der Waals surface area contributed by atoms with Crippen LogP contribution in [-0.2, 0) is 12.7 Å². The van der Waals surface area contributed by atoms with Gasteiger partial charge in [0.2, 0.25) is 0 Å². The molecule has 0 saturated heterocycles. The van der Waals surface area contributed by atoms with Crippen LogP contribution in [-0.4, -0.2) is 9.78 Å². The van der Waals surface area contributed by atoms with Crippen LogP contribution >= 0.6 is 0 Å². The van der Waals surface area contributed by atoms with Gasteiger partial charge >= 0.3 is 6.18 Å². The van der Waals surface area contributed by atoms with E-state index in [0.29, 0.717) is 12.2 Å². The first kappa shape index (κ1) is 14.4. The zero-order valence-corrected chi connectivity index (χ0v) is 11.3.